The highest BCUT2D eigenvalue weighted by Gasteiger charge is 2.45. The summed E-state index contributed by atoms with van der Waals surface area (Å²) in [7, 11) is 1.64. The van der Waals surface area contributed by atoms with Gasteiger partial charge in [-0.2, -0.15) is 5.26 Å². The Labute approximate surface area is 317 Å². The van der Waals surface area contributed by atoms with E-state index in [0.29, 0.717) is 11.8 Å². The van der Waals surface area contributed by atoms with E-state index in [1.54, 1.807) is 31.0 Å². The van der Waals surface area contributed by atoms with Gasteiger partial charge in [-0.3, -0.25) is 9.36 Å². The predicted molar refractivity (Wildman–Crippen MR) is 207 cm³/mol. The number of ether oxygens (including phenoxy) is 4. The molecule has 3 aromatic carbocycles. The molecule has 1 saturated heterocycles. The molecule has 4 atom stereocenters. The first-order chi connectivity index (χ1) is 26.2. The van der Waals surface area contributed by atoms with Crippen LogP contribution in [0.2, 0.25) is 0 Å². The monoisotopic (exact) mass is 753 g/mol. The Morgan fingerprint density at radius 1 is 0.889 bits per heavy atom. The highest BCUT2D eigenvalue weighted by molar-refractivity contribution is 7.44. The maximum atomic E-state index is 13.7. The Morgan fingerprint density at radius 3 is 2.07 bits per heavy atom. The van der Waals surface area contributed by atoms with Crippen LogP contribution in [0.4, 0.5) is 0 Å². The fraction of sp³-hybridized carbons (Fsp3) is 0.381. The minimum absolute atomic E-state index is 0.0800. The van der Waals surface area contributed by atoms with E-state index < -0.39 is 32.6 Å². The van der Waals surface area contributed by atoms with Gasteiger partial charge in [-0.25, -0.2) is 4.67 Å². The number of hydrogen-bond donors (Lipinski definition) is 0. The lowest BCUT2D eigenvalue weighted by molar-refractivity contribution is -0.0923. The van der Waals surface area contributed by atoms with Gasteiger partial charge in [-0.15, -0.1) is 0 Å². The van der Waals surface area contributed by atoms with Gasteiger partial charge in [0.2, 0.25) is 0 Å². The van der Waals surface area contributed by atoms with Gasteiger partial charge in [0.15, 0.2) is 5.58 Å². The van der Waals surface area contributed by atoms with Gasteiger partial charge >= 0.3 is 0 Å². The highest BCUT2D eigenvalue weighted by Crippen LogP contribution is 2.50. The SMILES string of the molecule is COc1ccc(C(OC[C@H]2O[C@@H](n3ccc4ccoc4c3=O)C[C@@H]2OP(OCCC#N)N(C(C)C)C(C)C)(c2ccccc2)c2ccc(OC)cc2)cc1. The largest absolute Gasteiger partial charge is 0.497 e. The minimum atomic E-state index is -1.64. The third kappa shape index (κ3) is 8.25. The molecule has 0 bridgehead atoms. The van der Waals surface area contributed by atoms with Crippen molar-refractivity contribution in [2.45, 2.75) is 76.7 Å². The Balaban J connectivity index is 1.43. The van der Waals surface area contributed by atoms with Crippen LogP contribution in [0.25, 0.3) is 11.0 Å². The number of fused-ring (bicyclic) bond motifs is 1. The van der Waals surface area contributed by atoms with Gasteiger partial charge in [-0.05, 0) is 80.8 Å². The van der Waals surface area contributed by atoms with Gasteiger partial charge in [0.25, 0.3) is 14.1 Å². The molecule has 5 aromatic rings. The van der Waals surface area contributed by atoms with Crippen molar-refractivity contribution in [2.24, 2.45) is 0 Å². The Bertz CT molecular complexity index is 1990. The van der Waals surface area contributed by atoms with Crippen molar-refractivity contribution in [3.05, 3.63) is 130 Å². The first kappa shape index (κ1) is 39.2. The van der Waals surface area contributed by atoms with Crippen molar-refractivity contribution in [1.82, 2.24) is 9.24 Å². The average Bonchev–Trinajstić information content (AvgIpc) is 3.83. The molecule has 6 rings (SSSR count). The van der Waals surface area contributed by atoms with Crippen molar-refractivity contribution in [1.29, 1.82) is 5.26 Å². The molecular weight excluding hydrogens is 705 g/mol. The molecule has 1 fully saturated rings. The number of pyridine rings is 1. The van der Waals surface area contributed by atoms with Crippen LogP contribution in [-0.2, 0) is 24.1 Å². The maximum absolute atomic E-state index is 13.7. The molecule has 0 amide bonds. The number of aromatic nitrogens is 1. The summed E-state index contributed by atoms with van der Waals surface area (Å²) in [6.45, 7) is 8.68. The average molecular weight is 754 g/mol. The van der Waals surface area contributed by atoms with E-state index in [1.165, 1.54) is 6.26 Å². The topological polar surface area (TPSA) is 118 Å². The van der Waals surface area contributed by atoms with Crippen molar-refractivity contribution in [3.8, 4) is 17.6 Å². The minimum Gasteiger partial charge on any atom is -0.497 e. The molecule has 0 N–H and O–H groups in total. The molecule has 12 heteroatoms. The Hall–Kier alpha value is -4.53. The van der Waals surface area contributed by atoms with Crippen LogP contribution in [0.3, 0.4) is 0 Å². The van der Waals surface area contributed by atoms with Crippen LogP contribution >= 0.6 is 8.53 Å². The van der Waals surface area contributed by atoms with Crippen LogP contribution in [-0.4, -0.2) is 61.0 Å². The summed E-state index contributed by atoms with van der Waals surface area (Å²) in [6, 6.07) is 31.7. The van der Waals surface area contributed by atoms with Crippen LogP contribution < -0.4 is 15.0 Å². The van der Waals surface area contributed by atoms with E-state index in [0.717, 1.165) is 28.2 Å². The molecule has 1 unspecified atom stereocenters. The summed E-state index contributed by atoms with van der Waals surface area (Å²) < 4.78 is 47.7. The molecule has 11 nitrogen and oxygen atoms in total. The summed E-state index contributed by atoms with van der Waals surface area (Å²) >= 11 is 0. The second kappa shape index (κ2) is 17.7. The van der Waals surface area contributed by atoms with Gasteiger partial charge in [-0.1, -0.05) is 54.6 Å². The van der Waals surface area contributed by atoms with E-state index in [4.69, 9.17) is 32.4 Å². The van der Waals surface area contributed by atoms with Crippen LogP contribution in [0.1, 0.15) is 63.5 Å². The lowest BCUT2D eigenvalue weighted by Gasteiger charge is -2.39. The number of nitriles is 1. The zero-order valence-electron chi connectivity index (χ0n) is 31.6. The van der Waals surface area contributed by atoms with E-state index in [9.17, 15) is 10.1 Å². The number of methoxy groups -OCH3 is 2. The summed E-state index contributed by atoms with van der Waals surface area (Å²) in [5.41, 5.74) is 1.51. The molecule has 0 saturated carbocycles. The van der Waals surface area contributed by atoms with Gasteiger partial charge in [0.1, 0.15) is 29.4 Å². The van der Waals surface area contributed by atoms with Crippen molar-refractivity contribution in [2.75, 3.05) is 27.4 Å². The number of hydrogen-bond acceptors (Lipinski definition) is 10. The fourth-order valence-electron chi connectivity index (χ4n) is 7.02. The van der Waals surface area contributed by atoms with Gasteiger partial charge in [0, 0.05) is 30.1 Å². The van der Waals surface area contributed by atoms with Crippen LogP contribution in [0.15, 0.2) is 113 Å². The smallest absolute Gasteiger partial charge is 0.296 e. The molecular formula is C42H48N3O8P. The fourth-order valence-corrected chi connectivity index (χ4v) is 8.78. The molecule has 0 radical (unpaired) electrons. The quantitative estimate of drug-likeness (QED) is 0.0519. The van der Waals surface area contributed by atoms with E-state index >= 15 is 0 Å². The first-order valence-corrected chi connectivity index (χ1v) is 19.3. The van der Waals surface area contributed by atoms with Crippen LogP contribution in [0.5, 0.6) is 11.5 Å². The Morgan fingerprint density at radius 2 is 1.50 bits per heavy atom. The summed E-state index contributed by atoms with van der Waals surface area (Å²) in [5, 5.41) is 10.0. The Kier molecular flexibility index (Phi) is 12.9. The lowest BCUT2D eigenvalue weighted by atomic mass is 9.80. The maximum Gasteiger partial charge on any atom is 0.296 e. The molecule has 1 aliphatic heterocycles. The second-order valence-corrected chi connectivity index (χ2v) is 15.0. The summed E-state index contributed by atoms with van der Waals surface area (Å²) in [6.07, 6.45) is 1.94. The zero-order valence-corrected chi connectivity index (χ0v) is 32.5. The first-order valence-electron chi connectivity index (χ1n) is 18.2. The van der Waals surface area contributed by atoms with Crippen molar-refractivity contribution >= 4 is 19.5 Å². The molecule has 0 spiro atoms. The van der Waals surface area contributed by atoms with Crippen molar-refractivity contribution < 1.29 is 32.4 Å². The molecule has 0 aliphatic carbocycles. The van der Waals surface area contributed by atoms with E-state index in [-0.39, 0.29) is 42.9 Å². The predicted octanol–water partition coefficient (Wildman–Crippen LogP) is 8.57. The lowest BCUT2D eigenvalue weighted by Crippen LogP contribution is -2.39. The third-order valence-corrected chi connectivity index (χ3v) is 11.7. The van der Waals surface area contributed by atoms with E-state index in [2.05, 4.69) is 38.4 Å². The normalized spacial score (nSPS) is 18.0. The van der Waals surface area contributed by atoms with Gasteiger partial charge in [0.05, 0.1) is 52.3 Å². The van der Waals surface area contributed by atoms with E-state index in [1.807, 2.05) is 84.9 Å². The van der Waals surface area contributed by atoms with Gasteiger partial charge < -0.3 is 32.4 Å². The van der Waals surface area contributed by atoms with Crippen LogP contribution in [0, 0.1) is 11.3 Å². The molecule has 2 aromatic heterocycles. The number of furan rings is 1. The molecule has 3 heterocycles. The third-order valence-electron chi connectivity index (χ3n) is 9.56. The summed E-state index contributed by atoms with van der Waals surface area (Å²) in [4.78, 5) is 13.7. The standard InChI is InChI=1S/C42H48N3O8P/c1-29(2)45(30(3)4)54(51-25-10-23-43)53-37-27-39(44-24-21-31-22-26-49-40(31)41(44)46)52-38(37)28-50-42(32-11-8-7-9-12-32,33-13-17-35(47-5)18-14-33)34-15-19-36(48-6)20-16-34/h7-9,11-22,24,26,29-30,37-39H,10,25,27-28H2,1-6H3/t37-,38+,39+,54?/m0/s1. The number of rotatable bonds is 17. The molecule has 1 aliphatic rings. The molecule has 284 valence electrons. The van der Waals surface area contributed by atoms with Crippen molar-refractivity contribution in [3.63, 3.8) is 0 Å². The molecule has 54 heavy (non-hydrogen) atoms. The highest BCUT2D eigenvalue weighted by atomic mass is 31.2. The summed E-state index contributed by atoms with van der Waals surface area (Å²) in [5.74, 6) is 1.43. The second-order valence-electron chi connectivity index (χ2n) is 13.6. The number of nitrogens with zero attached hydrogens (tertiary/aromatic N) is 3. The number of benzene rings is 3. The zero-order chi connectivity index (χ0) is 38.2.